The van der Waals surface area contributed by atoms with Gasteiger partial charge in [-0.2, -0.15) is 0 Å². The average Bonchev–Trinajstić information content (AvgIpc) is 2.42. The summed E-state index contributed by atoms with van der Waals surface area (Å²) in [5.74, 6) is -0.131. The van der Waals surface area contributed by atoms with Crippen molar-refractivity contribution in [1.82, 2.24) is 10.2 Å². The number of nitrogens with two attached hydrogens (primary N) is 1. The van der Waals surface area contributed by atoms with Crippen LogP contribution in [0, 0.1) is 0 Å². The van der Waals surface area contributed by atoms with Gasteiger partial charge in [0, 0.05) is 35.9 Å². The van der Waals surface area contributed by atoms with Gasteiger partial charge in [-0.15, -0.1) is 0 Å². The summed E-state index contributed by atoms with van der Waals surface area (Å²) in [4.78, 5) is 14.7. The first kappa shape index (κ1) is 15.1. The molecule has 1 aromatic carbocycles. The molecule has 1 heterocycles. The van der Waals surface area contributed by atoms with Crippen molar-refractivity contribution in [2.45, 2.75) is 38.8 Å². The third-order valence-corrected chi connectivity index (χ3v) is 4.09. The molecule has 1 aliphatic heterocycles. The Kier molecular flexibility index (Phi) is 4.89. The van der Waals surface area contributed by atoms with Crippen molar-refractivity contribution in [1.29, 1.82) is 0 Å². The highest BCUT2D eigenvalue weighted by Gasteiger charge is 2.23. The lowest BCUT2D eigenvalue weighted by molar-refractivity contribution is 0.0901. The first-order chi connectivity index (χ1) is 9.47. The predicted molar refractivity (Wildman–Crippen MR) is 83.1 cm³/mol. The third-order valence-electron chi connectivity index (χ3n) is 3.86. The van der Waals surface area contributed by atoms with Crippen LogP contribution in [-0.4, -0.2) is 36.0 Å². The van der Waals surface area contributed by atoms with Crippen LogP contribution in [-0.2, 0) is 0 Å². The highest BCUT2D eigenvalue weighted by Crippen LogP contribution is 2.19. The summed E-state index contributed by atoms with van der Waals surface area (Å²) in [5, 5.41) is 3.59. The zero-order valence-corrected chi connectivity index (χ0v) is 12.8. The van der Waals surface area contributed by atoms with E-state index in [2.05, 4.69) is 24.1 Å². The van der Waals surface area contributed by atoms with Crippen LogP contribution in [0.5, 0.6) is 0 Å². The number of nitrogens with zero attached hydrogens (tertiary/aromatic N) is 1. The largest absolute Gasteiger partial charge is 0.398 e. The lowest BCUT2D eigenvalue weighted by Gasteiger charge is -2.34. The Morgan fingerprint density at radius 1 is 1.40 bits per heavy atom. The molecular weight excluding hydrogens is 274 g/mol. The minimum absolute atomic E-state index is 0.131. The van der Waals surface area contributed by atoms with Gasteiger partial charge >= 0.3 is 0 Å². The van der Waals surface area contributed by atoms with Gasteiger partial charge in [0.25, 0.3) is 5.91 Å². The fourth-order valence-corrected chi connectivity index (χ4v) is 2.72. The first-order valence-electron chi connectivity index (χ1n) is 7.07. The minimum atomic E-state index is -0.131. The van der Waals surface area contributed by atoms with Crippen LogP contribution in [0.15, 0.2) is 18.2 Å². The van der Waals surface area contributed by atoms with Crippen molar-refractivity contribution in [3.05, 3.63) is 28.8 Å². The fraction of sp³-hybridized carbons (Fsp3) is 0.533. The van der Waals surface area contributed by atoms with Crippen LogP contribution >= 0.6 is 11.6 Å². The Balaban J connectivity index is 1.94. The monoisotopic (exact) mass is 295 g/mol. The molecule has 0 radical (unpaired) electrons. The number of likely N-dealkylation sites (tertiary alicyclic amines) is 1. The molecule has 3 N–H and O–H groups in total. The van der Waals surface area contributed by atoms with Crippen LogP contribution in [0.25, 0.3) is 0 Å². The number of hydrogen-bond acceptors (Lipinski definition) is 3. The number of carbonyl (C=O) groups excluding carboxylic acids is 1. The summed E-state index contributed by atoms with van der Waals surface area (Å²) in [6, 6.07) is 5.76. The van der Waals surface area contributed by atoms with Crippen molar-refractivity contribution in [2.24, 2.45) is 0 Å². The van der Waals surface area contributed by atoms with E-state index in [9.17, 15) is 4.79 Å². The highest BCUT2D eigenvalue weighted by atomic mass is 35.5. The molecular formula is C15H22ClN3O. The Morgan fingerprint density at radius 2 is 2.05 bits per heavy atom. The number of anilines is 1. The van der Waals surface area contributed by atoms with Gasteiger partial charge in [-0.3, -0.25) is 4.79 Å². The Labute approximate surface area is 125 Å². The number of piperidine rings is 1. The van der Waals surface area contributed by atoms with Gasteiger partial charge in [-0.1, -0.05) is 11.6 Å². The fourth-order valence-electron chi connectivity index (χ4n) is 2.55. The highest BCUT2D eigenvalue weighted by molar-refractivity contribution is 6.31. The maximum absolute atomic E-state index is 12.2. The number of carbonyl (C=O) groups is 1. The molecule has 1 aliphatic rings. The van der Waals surface area contributed by atoms with Gasteiger partial charge < -0.3 is 16.0 Å². The van der Waals surface area contributed by atoms with Crippen molar-refractivity contribution < 1.29 is 4.79 Å². The number of nitrogens with one attached hydrogen (secondary N) is 1. The number of amides is 1. The lowest BCUT2D eigenvalue weighted by atomic mass is 10.0. The van der Waals surface area contributed by atoms with E-state index in [1.807, 2.05) is 0 Å². The summed E-state index contributed by atoms with van der Waals surface area (Å²) in [6.45, 7) is 6.44. The van der Waals surface area contributed by atoms with E-state index in [4.69, 9.17) is 17.3 Å². The third kappa shape index (κ3) is 3.64. The average molecular weight is 296 g/mol. The van der Waals surface area contributed by atoms with Crippen molar-refractivity contribution >= 4 is 23.2 Å². The maximum atomic E-state index is 12.2. The molecule has 0 bridgehead atoms. The second kappa shape index (κ2) is 6.46. The summed E-state index contributed by atoms with van der Waals surface area (Å²) in [6.07, 6.45) is 1.95. The smallest absolute Gasteiger partial charge is 0.253 e. The summed E-state index contributed by atoms with van der Waals surface area (Å²) < 4.78 is 0. The molecule has 0 atom stereocenters. The molecule has 2 rings (SSSR count). The summed E-state index contributed by atoms with van der Waals surface area (Å²) in [5.41, 5.74) is 6.76. The van der Waals surface area contributed by atoms with Crippen LogP contribution in [0.2, 0.25) is 5.02 Å². The van der Waals surface area contributed by atoms with Crippen LogP contribution in [0.3, 0.4) is 0 Å². The van der Waals surface area contributed by atoms with E-state index in [1.165, 1.54) is 0 Å². The SMILES string of the molecule is CC(C)N1CCC(NC(=O)c2cc(Cl)ccc2N)CC1. The van der Waals surface area contributed by atoms with Gasteiger partial charge in [0.05, 0.1) is 5.56 Å². The number of halogens is 1. The molecule has 0 saturated carbocycles. The van der Waals surface area contributed by atoms with Crippen molar-refractivity contribution in [2.75, 3.05) is 18.8 Å². The zero-order chi connectivity index (χ0) is 14.7. The Morgan fingerprint density at radius 3 is 2.65 bits per heavy atom. The number of nitrogen functional groups attached to an aromatic ring is 1. The molecule has 20 heavy (non-hydrogen) atoms. The number of rotatable bonds is 3. The van der Waals surface area contributed by atoms with E-state index >= 15 is 0 Å². The molecule has 0 spiro atoms. The van der Waals surface area contributed by atoms with Gasteiger partial charge in [0.15, 0.2) is 0 Å². The lowest BCUT2D eigenvalue weighted by Crippen LogP contribution is -2.46. The van der Waals surface area contributed by atoms with Crippen LogP contribution < -0.4 is 11.1 Å². The van der Waals surface area contributed by atoms with Crippen LogP contribution in [0.1, 0.15) is 37.0 Å². The maximum Gasteiger partial charge on any atom is 0.253 e. The summed E-state index contributed by atoms with van der Waals surface area (Å²) in [7, 11) is 0. The van der Waals surface area contributed by atoms with E-state index in [0.29, 0.717) is 22.3 Å². The topological polar surface area (TPSA) is 58.4 Å². The molecule has 0 unspecified atom stereocenters. The molecule has 110 valence electrons. The first-order valence-corrected chi connectivity index (χ1v) is 7.45. The zero-order valence-electron chi connectivity index (χ0n) is 12.0. The molecule has 1 saturated heterocycles. The van der Waals surface area contributed by atoms with Gasteiger partial charge in [0.1, 0.15) is 0 Å². The molecule has 0 aliphatic carbocycles. The second-order valence-corrected chi connectivity index (χ2v) is 6.05. The van der Waals surface area contributed by atoms with Gasteiger partial charge in [-0.05, 0) is 44.9 Å². The van der Waals surface area contributed by atoms with Crippen molar-refractivity contribution in [3.8, 4) is 0 Å². The van der Waals surface area contributed by atoms with E-state index < -0.39 is 0 Å². The second-order valence-electron chi connectivity index (χ2n) is 5.61. The molecule has 1 aromatic rings. The summed E-state index contributed by atoms with van der Waals surface area (Å²) >= 11 is 5.92. The number of hydrogen-bond donors (Lipinski definition) is 2. The Hall–Kier alpha value is -1.26. The normalized spacial score (nSPS) is 17.4. The van der Waals surface area contributed by atoms with E-state index in [-0.39, 0.29) is 11.9 Å². The van der Waals surface area contributed by atoms with Crippen LogP contribution in [0.4, 0.5) is 5.69 Å². The predicted octanol–water partition coefficient (Wildman–Crippen LogP) is 2.52. The molecule has 5 heteroatoms. The Bertz CT molecular complexity index is 482. The minimum Gasteiger partial charge on any atom is -0.398 e. The van der Waals surface area contributed by atoms with E-state index in [1.54, 1.807) is 18.2 Å². The molecule has 0 aromatic heterocycles. The quantitative estimate of drug-likeness (QED) is 0.843. The number of benzene rings is 1. The van der Waals surface area contributed by atoms with Gasteiger partial charge in [-0.25, -0.2) is 0 Å². The van der Waals surface area contributed by atoms with Crippen molar-refractivity contribution in [3.63, 3.8) is 0 Å². The standard InChI is InChI=1S/C15H22ClN3O/c1-10(2)19-7-5-12(6-8-19)18-15(20)13-9-11(16)3-4-14(13)17/h3-4,9-10,12H,5-8,17H2,1-2H3,(H,18,20). The van der Waals surface area contributed by atoms with Gasteiger partial charge in [0.2, 0.25) is 0 Å². The molecule has 4 nitrogen and oxygen atoms in total. The molecule has 1 amide bonds. The van der Waals surface area contributed by atoms with E-state index in [0.717, 1.165) is 25.9 Å². The molecule has 1 fully saturated rings.